The van der Waals surface area contributed by atoms with E-state index in [2.05, 4.69) is 30.3 Å². The van der Waals surface area contributed by atoms with Crippen molar-refractivity contribution in [2.24, 2.45) is 0 Å². The van der Waals surface area contributed by atoms with Crippen molar-refractivity contribution in [3.05, 3.63) is 47.0 Å². The van der Waals surface area contributed by atoms with Crippen LogP contribution >= 0.6 is 0 Å². The highest BCUT2D eigenvalue weighted by Gasteiger charge is 2.29. The zero-order chi connectivity index (χ0) is 27.2. The first kappa shape index (κ1) is 30.2. The average Bonchev–Trinajstić information content (AvgIpc) is 3.00. The van der Waals surface area contributed by atoms with Gasteiger partial charge in [0.2, 0.25) is 0 Å². The summed E-state index contributed by atoms with van der Waals surface area (Å²) in [6, 6.07) is 12.4. The van der Waals surface area contributed by atoms with Crippen molar-refractivity contribution in [1.29, 1.82) is 0 Å². The number of hydrogen-bond acceptors (Lipinski definition) is 0. The maximum Gasteiger partial charge on any atom is -0.0146 e. The third-order valence-corrected chi connectivity index (χ3v) is 11.2. The Labute approximate surface area is 248 Å². The van der Waals surface area contributed by atoms with E-state index < -0.39 is 0 Å². The zero-order valence-electron chi connectivity index (χ0n) is 26.2. The van der Waals surface area contributed by atoms with E-state index in [1.165, 1.54) is 173 Å². The Kier molecular flexibility index (Phi) is 12.8. The van der Waals surface area contributed by atoms with Gasteiger partial charge in [-0.05, 0) is 83.7 Å². The van der Waals surface area contributed by atoms with E-state index in [-0.39, 0.29) is 0 Å². The van der Waals surface area contributed by atoms with Gasteiger partial charge in [-0.2, -0.15) is 0 Å². The van der Waals surface area contributed by atoms with Crippen LogP contribution in [0.4, 0.5) is 0 Å². The van der Waals surface area contributed by atoms with Gasteiger partial charge in [-0.1, -0.05) is 165 Å². The van der Waals surface area contributed by atoms with Crippen molar-refractivity contribution in [3.8, 4) is 0 Å². The molecular weight excluding hydrogens is 480 g/mol. The molecule has 5 rings (SSSR count). The number of hydrogen-bond donors (Lipinski definition) is 0. The van der Waals surface area contributed by atoms with Crippen LogP contribution in [0.1, 0.15) is 208 Å². The van der Waals surface area contributed by atoms with Crippen LogP contribution < -0.4 is 0 Å². The lowest BCUT2D eigenvalue weighted by molar-refractivity contribution is 0.431. The Morgan fingerprint density at radius 2 is 0.700 bits per heavy atom. The van der Waals surface area contributed by atoms with Crippen LogP contribution in [0.3, 0.4) is 0 Å². The van der Waals surface area contributed by atoms with E-state index in [0.29, 0.717) is 0 Å². The molecule has 0 heteroatoms. The minimum Gasteiger partial charge on any atom is -0.0616 e. The molecule has 0 saturated heterocycles. The Balaban J connectivity index is 1.62. The molecule has 0 atom stereocenters. The van der Waals surface area contributed by atoms with E-state index in [1.54, 1.807) is 10.8 Å². The largest absolute Gasteiger partial charge is 0.0616 e. The molecule has 40 heavy (non-hydrogen) atoms. The molecule has 0 aromatic heterocycles. The highest BCUT2D eigenvalue weighted by atomic mass is 14.3. The van der Waals surface area contributed by atoms with E-state index in [9.17, 15) is 0 Å². The van der Waals surface area contributed by atoms with Crippen molar-refractivity contribution < 1.29 is 0 Å². The molecular formula is C40H62. The summed E-state index contributed by atoms with van der Waals surface area (Å²) in [4.78, 5) is 0. The molecule has 0 aliphatic heterocycles. The maximum atomic E-state index is 2.75. The second-order valence-corrected chi connectivity index (χ2v) is 14.3. The second-order valence-electron chi connectivity index (χ2n) is 14.3. The molecule has 0 unspecified atom stereocenters. The normalized spacial score (nSPS) is 23.5. The van der Waals surface area contributed by atoms with Crippen LogP contribution in [0.2, 0.25) is 0 Å². The van der Waals surface area contributed by atoms with Gasteiger partial charge in [0.1, 0.15) is 0 Å². The summed E-state index contributed by atoms with van der Waals surface area (Å²) in [6.07, 6.45) is 39.2. The third-order valence-electron chi connectivity index (χ3n) is 11.2. The average molecular weight is 543 g/mol. The summed E-state index contributed by atoms with van der Waals surface area (Å²) < 4.78 is 0. The van der Waals surface area contributed by atoms with Gasteiger partial charge >= 0.3 is 0 Å². The minimum absolute atomic E-state index is 0.771. The van der Waals surface area contributed by atoms with Crippen LogP contribution in [0.5, 0.6) is 0 Å². The lowest BCUT2D eigenvalue weighted by Crippen LogP contribution is -2.16. The van der Waals surface area contributed by atoms with Crippen LogP contribution in [0.25, 0.3) is 10.8 Å². The van der Waals surface area contributed by atoms with Gasteiger partial charge in [0.25, 0.3) is 0 Å². The smallest absolute Gasteiger partial charge is 0.0146 e. The van der Waals surface area contributed by atoms with E-state index in [1.807, 2.05) is 16.7 Å². The zero-order valence-corrected chi connectivity index (χ0v) is 26.2. The van der Waals surface area contributed by atoms with Crippen LogP contribution in [-0.4, -0.2) is 0 Å². The van der Waals surface area contributed by atoms with Crippen LogP contribution in [0.15, 0.2) is 30.3 Å². The number of rotatable bonds is 3. The summed E-state index contributed by atoms with van der Waals surface area (Å²) >= 11 is 0. The first-order valence-electron chi connectivity index (χ1n) is 18.5. The van der Waals surface area contributed by atoms with Crippen molar-refractivity contribution >= 4 is 10.8 Å². The molecule has 3 aliphatic rings. The van der Waals surface area contributed by atoms with Gasteiger partial charge in [0, 0.05) is 0 Å². The number of benzene rings is 2. The Morgan fingerprint density at radius 3 is 1.15 bits per heavy atom. The van der Waals surface area contributed by atoms with Crippen LogP contribution in [-0.2, 0) is 0 Å². The SMILES string of the molecule is c1ccc2c(C3CCCCCCCCC3)c(C3CCCCCCCCC3)c(C3CCCCCCCCC3)cc2c1. The Bertz CT molecular complexity index is 955. The summed E-state index contributed by atoms with van der Waals surface area (Å²) in [5.74, 6) is 2.35. The quantitative estimate of drug-likeness (QED) is 0.362. The molecule has 3 saturated carbocycles. The fourth-order valence-corrected chi connectivity index (χ4v) is 8.96. The highest BCUT2D eigenvalue weighted by molar-refractivity contribution is 5.89. The van der Waals surface area contributed by atoms with Crippen LogP contribution in [0, 0.1) is 0 Å². The second kappa shape index (κ2) is 17.0. The molecule has 0 radical (unpaired) electrons. The summed E-state index contributed by atoms with van der Waals surface area (Å²) in [6.45, 7) is 0. The minimum atomic E-state index is 0.771. The molecule has 0 amide bonds. The van der Waals surface area contributed by atoms with Gasteiger partial charge in [0.15, 0.2) is 0 Å². The molecule has 222 valence electrons. The topological polar surface area (TPSA) is 0 Å². The molecule has 3 aliphatic carbocycles. The standard InChI is InChI=1S/C40H62/c1-4-10-16-24-33(25-17-11-5-1)38-32-36-30-22-23-31-37(36)39(34-26-18-12-6-2-7-13-19-27-34)40(38)35-28-20-14-8-3-9-15-21-29-35/h22-23,30-35H,1-21,24-29H2. The maximum absolute atomic E-state index is 2.75. The fraction of sp³-hybridized carbons (Fsp3) is 0.750. The van der Waals surface area contributed by atoms with Gasteiger partial charge in [-0.15, -0.1) is 0 Å². The molecule has 2 aromatic carbocycles. The summed E-state index contributed by atoms with van der Waals surface area (Å²) in [5.41, 5.74) is 5.63. The van der Waals surface area contributed by atoms with E-state index in [4.69, 9.17) is 0 Å². The van der Waals surface area contributed by atoms with Gasteiger partial charge < -0.3 is 0 Å². The first-order chi connectivity index (χ1) is 19.9. The van der Waals surface area contributed by atoms with Crippen molar-refractivity contribution in [2.75, 3.05) is 0 Å². The van der Waals surface area contributed by atoms with Gasteiger partial charge in [-0.25, -0.2) is 0 Å². The summed E-state index contributed by atoms with van der Waals surface area (Å²) in [5, 5.41) is 3.20. The first-order valence-corrected chi connectivity index (χ1v) is 18.5. The molecule has 0 nitrogen and oxygen atoms in total. The third kappa shape index (κ3) is 8.61. The molecule has 0 N–H and O–H groups in total. The molecule has 3 fully saturated rings. The van der Waals surface area contributed by atoms with Crippen molar-refractivity contribution in [2.45, 2.75) is 191 Å². The van der Waals surface area contributed by atoms with Gasteiger partial charge in [0.05, 0.1) is 0 Å². The lowest BCUT2D eigenvalue weighted by atomic mass is 9.71. The number of fused-ring (bicyclic) bond motifs is 1. The van der Waals surface area contributed by atoms with E-state index >= 15 is 0 Å². The molecule has 2 aromatic rings. The predicted octanol–water partition coefficient (Wildman–Crippen LogP) is 13.7. The van der Waals surface area contributed by atoms with Crippen molar-refractivity contribution in [1.82, 2.24) is 0 Å². The highest BCUT2D eigenvalue weighted by Crippen LogP contribution is 2.47. The fourth-order valence-electron chi connectivity index (χ4n) is 8.96. The molecule has 0 bridgehead atoms. The summed E-state index contributed by atoms with van der Waals surface area (Å²) in [7, 11) is 0. The molecule has 0 spiro atoms. The monoisotopic (exact) mass is 542 g/mol. The molecule has 0 heterocycles. The Morgan fingerprint density at radius 1 is 0.350 bits per heavy atom. The van der Waals surface area contributed by atoms with E-state index in [0.717, 1.165) is 17.8 Å². The lowest BCUT2D eigenvalue weighted by Gasteiger charge is -2.33. The van der Waals surface area contributed by atoms with Gasteiger partial charge in [-0.3, -0.25) is 0 Å². The van der Waals surface area contributed by atoms with Crippen molar-refractivity contribution in [3.63, 3.8) is 0 Å². The Hall–Kier alpha value is -1.30. The predicted molar refractivity (Wildman–Crippen MR) is 177 cm³/mol.